The summed E-state index contributed by atoms with van der Waals surface area (Å²) < 4.78 is 5.21. The molecule has 0 N–H and O–H groups in total. The topological polar surface area (TPSA) is 9.23 Å². The molecule has 0 unspecified atom stereocenters. The monoisotopic (exact) mass is 252 g/mol. The summed E-state index contributed by atoms with van der Waals surface area (Å²) in [6, 6.07) is 17.8. The van der Waals surface area contributed by atoms with Gasteiger partial charge in [0, 0.05) is 19.6 Å². The third-order valence-corrected chi connectivity index (χ3v) is 4.08. The molecule has 98 valence electrons. The van der Waals surface area contributed by atoms with Crippen molar-refractivity contribution in [3.8, 4) is 0 Å². The molecule has 2 aromatic carbocycles. The molecule has 0 spiro atoms. The van der Waals surface area contributed by atoms with E-state index in [0.29, 0.717) is 5.92 Å². The lowest BCUT2D eigenvalue weighted by Gasteiger charge is -2.28. The predicted molar refractivity (Wildman–Crippen MR) is 78.6 cm³/mol. The zero-order chi connectivity index (χ0) is 13.1. The molecule has 0 aromatic heterocycles. The number of ether oxygens (including phenoxy) is 1. The van der Waals surface area contributed by atoms with Gasteiger partial charge in [-0.25, -0.2) is 0 Å². The first-order chi connectivity index (χ1) is 9.40. The van der Waals surface area contributed by atoms with Crippen LogP contribution in [0.15, 0.2) is 48.5 Å². The maximum absolute atomic E-state index is 5.21. The fourth-order valence-electron chi connectivity index (χ4n) is 3.19. The van der Waals surface area contributed by atoms with E-state index in [1.54, 1.807) is 7.11 Å². The Kier molecular flexibility index (Phi) is 3.65. The standard InChI is InChI=1S/C18H20O/c1-19-12-6-11-18-16-9-4-2-7-14(16)13-15-8-3-5-10-17(15)18/h2-5,7-10,18H,6,11-13H2,1H3. The van der Waals surface area contributed by atoms with Crippen molar-refractivity contribution < 1.29 is 4.74 Å². The van der Waals surface area contributed by atoms with Crippen molar-refractivity contribution in [2.24, 2.45) is 0 Å². The molecule has 19 heavy (non-hydrogen) atoms. The molecule has 0 saturated carbocycles. The average molecular weight is 252 g/mol. The lowest BCUT2D eigenvalue weighted by molar-refractivity contribution is 0.191. The number of rotatable bonds is 4. The molecule has 1 aliphatic carbocycles. The highest BCUT2D eigenvalue weighted by atomic mass is 16.5. The highest BCUT2D eigenvalue weighted by Crippen LogP contribution is 2.38. The zero-order valence-corrected chi connectivity index (χ0v) is 11.4. The molecule has 0 heterocycles. The van der Waals surface area contributed by atoms with Gasteiger partial charge in [0.1, 0.15) is 0 Å². The minimum atomic E-state index is 0.538. The second kappa shape index (κ2) is 5.58. The van der Waals surface area contributed by atoms with E-state index in [1.165, 1.54) is 28.7 Å². The number of hydrogen-bond donors (Lipinski definition) is 0. The van der Waals surface area contributed by atoms with Crippen LogP contribution < -0.4 is 0 Å². The van der Waals surface area contributed by atoms with Gasteiger partial charge in [0.2, 0.25) is 0 Å². The molecule has 1 heteroatoms. The lowest BCUT2D eigenvalue weighted by atomic mass is 9.76. The molecule has 1 aliphatic rings. The summed E-state index contributed by atoms with van der Waals surface area (Å²) >= 11 is 0. The predicted octanol–water partition coefficient (Wildman–Crippen LogP) is 4.15. The quantitative estimate of drug-likeness (QED) is 0.743. The molecule has 0 aliphatic heterocycles. The first-order valence-electron chi connectivity index (χ1n) is 7.04. The number of benzene rings is 2. The van der Waals surface area contributed by atoms with E-state index in [2.05, 4.69) is 48.5 Å². The fraction of sp³-hybridized carbons (Fsp3) is 0.333. The zero-order valence-electron chi connectivity index (χ0n) is 11.4. The molecular weight excluding hydrogens is 232 g/mol. The molecule has 0 atom stereocenters. The van der Waals surface area contributed by atoms with Crippen LogP contribution in [0, 0.1) is 0 Å². The molecule has 0 saturated heterocycles. The van der Waals surface area contributed by atoms with Crippen LogP contribution in [0.5, 0.6) is 0 Å². The molecule has 3 rings (SSSR count). The number of hydrogen-bond acceptors (Lipinski definition) is 1. The average Bonchev–Trinajstić information content (AvgIpc) is 2.46. The largest absolute Gasteiger partial charge is 0.385 e. The normalized spacial score (nSPS) is 13.9. The van der Waals surface area contributed by atoms with Crippen molar-refractivity contribution in [3.05, 3.63) is 70.8 Å². The Morgan fingerprint density at radius 2 is 1.53 bits per heavy atom. The first-order valence-corrected chi connectivity index (χ1v) is 7.04. The Bertz CT molecular complexity index is 514. The summed E-state index contributed by atoms with van der Waals surface area (Å²) in [5, 5.41) is 0. The van der Waals surface area contributed by atoms with Crippen molar-refractivity contribution >= 4 is 0 Å². The van der Waals surface area contributed by atoms with Crippen molar-refractivity contribution in [3.63, 3.8) is 0 Å². The van der Waals surface area contributed by atoms with E-state index in [0.717, 1.165) is 19.4 Å². The summed E-state index contributed by atoms with van der Waals surface area (Å²) in [5.41, 5.74) is 6.00. The fourth-order valence-corrected chi connectivity index (χ4v) is 3.19. The van der Waals surface area contributed by atoms with Crippen molar-refractivity contribution in [2.45, 2.75) is 25.2 Å². The van der Waals surface area contributed by atoms with Crippen molar-refractivity contribution in [1.82, 2.24) is 0 Å². The van der Waals surface area contributed by atoms with Crippen molar-refractivity contribution in [1.29, 1.82) is 0 Å². The minimum Gasteiger partial charge on any atom is -0.385 e. The Morgan fingerprint density at radius 1 is 0.947 bits per heavy atom. The maximum atomic E-state index is 5.21. The van der Waals surface area contributed by atoms with Crippen molar-refractivity contribution in [2.75, 3.05) is 13.7 Å². The van der Waals surface area contributed by atoms with Crippen LogP contribution in [0.4, 0.5) is 0 Å². The Hall–Kier alpha value is -1.60. The van der Waals surface area contributed by atoms with Crippen LogP contribution >= 0.6 is 0 Å². The Labute approximate surface area is 115 Å². The van der Waals surface area contributed by atoms with Gasteiger partial charge >= 0.3 is 0 Å². The second-order valence-electron chi connectivity index (χ2n) is 5.26. The molecule has 2 aromatic rings. The Balaban J connectivity index is 1.96. The molecule has 0 amide bonds. The van der Waals surface area contributed by atoms with E-state index in [4.69, 9.17) is 4.74 Å². The van der Waals surface area contributed by atoms with Gasteiger partial charge in [0.05, 0.1) is 0 Å². The van der Waals surface area contributed by atoms with Gasteiger partial charge in [0.25, 0.3) is 0 Å². The van der Waals surface area contributed by atoms with Gasteiger partial charge < -0.3 is 4.74 Å². The highest BCUT2D eigenvalue weighted by molar-refractivity contribution is 5.48. The van der Waals surface area contributed by atoms with Gasteiger partial charge in [-0.05, 0) is 41.5 Å². The summed E-state index contributed by atoms with van der Waals surface area (Å²) in [7, 11) is 1.78. The number of fused-ring (bicyclic) bond motifs is 2. The van der Waals surface area contributed by atoms with Crippen LogP contribution in [0.1, 0.15) is 41.0 Å². The second-order valence-corrected chi connectivity index (χ2v) is 5.26. The number of methoxy groups -OCH3 is 1. The smallest absolute Gasteiger partial charge is 0.0462 e. The van der Waals surface area contributed by atoms with Crippen LogP contribution in [0.25, 0.3) is 0 Å². The van der Waals surface area contributed by atoms with Gasteiger partial charge in [-0.3, -0.25) is 0 Å². The van der Waals surface area contributed by atoms with Crippen LogP contribution in [0.3, 0.4) is 0 Å². The van der Waals surface area contributed by atoms with Gasteiger partial charge in [-0.2, -0.15) is 0 Å². The molecule has 0 radical (unpaired) electrons. The van der Waals surface area contributed by atoms with Crippen LogP contribution in [-0.4, -0.2) is 13.7 Å². The van der Waals surface area contributed by atoms with Gasteiger partial charge in [0.15, 0.2) is 0 Å². The van der Waals surface area contributed by atoms with E-state index < -0.39 is 0 Å². The van der Waals surface area contributed by atoms with Crippen LogP contribution in [-0.2, 0) is 11.2 Å². The summed E-state index contributed by atoms with van der Waals surface area (Å²) in [5.74, 6) is 0.538. The molecule has 0 bridgehead atoms. The Morgan fingerprint density at radius 3 is 2.11 bits per heavy atom. The summed E-state index contributed by atoms with van der Waals surface area (Å²) in [6.07, 6.45) is 3.36. The lowest BCUT2D eigenvalue weighted by Crippen LogP contribution is -2.14. The SMILES string of the molecule is COCCCC1c2ccccc2Cc2ccccc21. The molecule has 1 nitrogen and oxygen atoms in total. The third kappa shape index (κ3) is 2.43. The molecule has 0 fully saturated rings. The van der Waals surface area contributed by atoms with E-state index in [1.807, 2.05) is 0 Å². The highest BCUT2D eigenvalue weighted by Gasteiger charge is 2.24. The minimum absolute atomic E-state index is 0.538. The summed E-state index contributed by atoms with van der Waals surface area (Å²) in [4.78, 5) is 0. The molecular formula is C18H20O. The van der Waals surface area contributed by atoms with E-state index in [9.17, 15) is 0 Å². The van der Waals surface area contributed by atoms with E-state index in [-0.39, 0.29) is 0 Å². The van der Waals surface area contributed by atoms with Crippen LogP contribution in [0.2, 0.25) is 0 Å². The van der Waals surface area contributed by atoms with Gasteiger partial charge in [-0.1, -0.05) is 48.5 Å². The maximum Gasteiger partial charge on any atom is 0.0462 e. The van der Waals surface area contributed by atoms with E-state index >= 15 is 0 Å². The first kappa shape index (κ1) is 12.4. The van der Waals surface area contributed by atoms with Gasteiger partial charge in [-0.15, -0.1) is 0 Å². The summed E-state index contributed by atoms with van der Waals surface area (Å²) in [6.45, 7) is 0.848. The third-order valence-electron chi connectivity index (χ3n) is 4.08.